The van der Waals surface area contributed by atoms with Crippen LogP contribution in [0, 0.1) is 12.3 Å². The zero-order chi connectivity index (χ0) is 7.70. The van der Waals surface area contributed by atoms with E-state index in [2.05, 4.69) is 5.92 Å². The van der Waals surface area contributed by atoms with Crippen molar-refractivity contribution in [1.82, 2.24) is 0 Å². The predicted octanol–water partition coefficient (Wildman–Crippen LogP) is 0.356. The van der Waals surface area contributed by atoms with E-state index >= 15 is 0 Å². The molecular weight excluding hydrogens is 114 g/mol. The van der Waals surface area contributed by atoms with Gasteiger partial charge in [0.15, 0.2) is 0 Å². The Morgan fingerprint density at radius 3 is 2.00 bits per heavy atom. The summed E-state index contributed by atoms with van der Waals surface area (Å²) in [7, 11) is 0. The summed E-state index contributed by atoms with van der Waals surface area (Å²) < 4.78 is 0. The van der Waals surface area contributed by atoms with Gasteiger partial charge in [-0.3, -0.25) is 0 Å². The Kier molecular flexibility index (Phi) is 13.1. The summed E-state index contributed by atoms with van der Waals surface area (Å²) in [5.41, 5.74) is 4.92. The smallest absolute Gasteiger partial charge is 0.0634 e. The van der Waals surface area contributed by atoms with E-state index in [0.717, 1.165) is 6.42 Å². The van der Waals surface area contributed by atoms with Gasteiger partial charge in [-0.15, -0.1) is 12.3 Å². The van der Waals surface area contributed by atoms with E-state index in [4.69, 9.17) is 17.3 Å². The van der Waals surface area contributed by atoms with Gasteiger partial charge >= 0.3 is 0 Å². The highest BCUT2D eigenvalue weighted by atomic mass is 16.3. The molecule has 3 N–H and O–H groups in total. The highest BCUT2D eigenvalue weighted by Crippen LogP contribution is 1.65. The molecule has 0 bridgehead atoms. The van der Waals surface area contributed by atoms with Crippen LogP contribution in [0.2, 0.25) is 0 Å². The fraction of sp³-hybridized carbons (Fsp3) is 0.714. The number of hydrogen-bond acceptors (Lipinski definition) is 2. The third kappa shape index (κ3) is 36.5. The van der Waals surface area contributed by atoms with Gasteiger partial charge < -0.3 is 10.8 Å². The minimum atomic E-state index is -0.338. The van der Waals surface area contributed by atoms with E-state index in [1.165, 1.54) is 0 Å². The second kappa shape index (κ2) is 10.5. The number of aliphatic hydroxyl groups excluding tert-OH is 1. The molecule has 2 heteroatoms. The first-order valence-corrected chi connectivity index (χ1v) is 3.00. The molecule has 0 unspecified atom stereocenters. The highest BCUT2D eigenvalue weighted by Gasteiger charge is 1.81. The Labute approximate surface area is 57.1 Å². The summed E-state index contributed by atoms with van der Waals surface area (Å²) >= 11 is 0. The summed E-state index contributed by atoms with van der Waals surface area (Å²) in [4.78, 5) is 0. The SMILES string of the molecule is C#CCC.C[C@@H](O)CN. The Balaban J connectivity index is 0. The lowest BCUT2D eigenvalue weighted by molar-refractivity contribution is 0.203. The molecule has 0 aromatic heterocycles. The molecule has 0 heterocycles. The molecule has 1 atom stereocenters. The van der Waals surface area contributed by atoms with Crippen molar-refractivity contribution in [3.63, 3.8) is 0 Å². The van der Waals surface area contributed by atoms with Crippen molar-refractivity contribution in [2.24, 2.45) is 5.73 Å². The Hall–Kier alpha value is -0.520. The van der Waals surface area contributed by atoms with Gasteiger partial charge in [0.25, 0.3) is 0 Å². The van der Waals surface area contributed by atoms with Crippen LogP contribution < -0.4 is 5.73 Å². The van der Waals surface area contributed by atoms with Crippen LogP contribution in [0.1, 0.15) is 20.3 Å². The molecule has 0 saturated carbocycles. The Morgan fingerprint density at radius 1 is 1.78 bits per heavy atom. The van der Waals surface area contributed by atoms with Crippen LogP contribution in [-0.4, -0.2) is 17.8 Å². The van der Waals surface area contributed by atoms with Crippen LogP contribution in [-0.2, 0) is 0 Å². The standard InChI is InChI=1S/C4H6.C3H9NO/c1-3-4-2;1-3(5)2-4/h1H,4H2,2H3;3,5H,2,4H2,1H3/t;3-/m.1/s1. The van der Waals surface area contributed by atoms with Gasteiger partial charge in [-0.25, -0.2) is 0 Å². The number of aliphatic hydroxyl groups is 1. The molecular formula is C7H15NO. The van der Waals surface area contributed by atoms with Crippen LogP contribution in [0.25, 0.3) is 0 Å². The third-order valence-electron chi connectivity index (χ3n) is 0.545. The van der Waals surface area contributed by atoms with E-state index in [9.17, 15) is 0 Å². The minimum Gasteiger partial charge on any atom is -0.392 e. The lowest BCUT2D eigenvalue weighted by atomic mass is 10.4. The lowest BCUT2D eigenvalue weighted by Crippen LogP contribution is -2.14. The summed E-state index contributed by atoms with van der Waals surface area (Å²) in [6.45, 7) is 3.96. The second-order valence-electron chi connectivity index (χ2n) is 1.64. The first-order valence-electron chi connectivity index (χ1n) is 3.00. The van der Waals surface area contributed by atoms with E-state index in [-0.39, 0.29) is 6.10 Å². The maximum Gasteiger partial charge on any atom is 0.0634 e. The average Bonchev–Trinajstić information content (AvgIpc) is 1.89. The maximum atomic E-state index is 8.24. The summed E-state index contributed by atoms with van der Waals surface area (Å²) in [6.07, 6.45) is 5.29. The molecule has 0 aromatic rings. The first kappa shape index (κ1) is 11.3. The van der Waals surface area contributed by atoms with E-state index in [0.29, 0.717) is 6.54 Å². The zero-order valence-electron chi connectivity index (χ0n) is 6.09. The third-order valence-corrected chi connectivity index (χ3v) is 0.545. The van der Waals surface area contributed by atoms with Gasteiger partial charge in [-0.05, 0) is 6.92 Å². The van der Waals surface area contributed by atoms with Crippen molar-refractivity contribution in [2.45, 2.75) is 26.4 Å². The zero-order valence-corrected chi connectivity index (χ0v) is 6.09. The minimum absolute atomic E-state index is 0.338. The molecule has 0 aliphatic heterocycles. The topological polar surface area (TPSA) is 46.2 Å². The van der Waals surface area contributed by atoms with Gasteiger partial charge in [0.2, 0.25) is 0 Å². The summed E-state index contributed by atoms with van der Waals surface area (Å²) in [6, 6.07) is 0. The van der Waals surface area contributed by atoms with Crippen molar-refractivity contribution in [1.29, 1.82) is 0 Å². The van der Waals surface area contributed by atoms with Gasteiger partial charge in [-0.1, -0.05) is 6.92 Å². The van der Waals surface area contributed by atoms with E-state index < -0.39 is 0 Å². The second-order valence-corrected chi connectivity index (χ2v) is 1.64. The van der Waals surface area contributed by atoms with Crippen molar-refractivity contribution in [3.05, 3.63) is 0 Å². The van der Waals surface area contributed by atoms with Crippen molar-refractivity contribution in [2.75, 3.05) is 6.54 Å². The largest absolute Gasteiger partial charge is 0.392 e. The van der Waals surface area contributed by atoms with Crippen LogP contribution >= 0.6 is 0 Å². The number of nitrogens with two attached hydrogens (primary N) is 1. The normalized spacial score (nSPS) is 10.6. The highest BCUT2D eigenvalue weighted by molar-refractivity contribution is 4.80. The van der Waals surface area contributed by atoms with Crippen LogP contribution in [0.3, 0.4) is 0 Å². The van der Waals surface area contributed by atoms with Gasteiger partial charge in [0.1, 0.15) is 0 Å². The van der Waals surface area contributed by atoms with Gasteiger partial charge in [-0.2, -0.15) is 0 Å². The molecule has 54 valence electrons. The average molecular weight is 129 g/mol. The molecule has 2 nitrogen and oxygen atoms in total. The molecule has 9 heavy (non-hydrogen) atoms. The predicted molar refractivity (Wildman–Crippen MR) is 39.9 cm³/mol. The Bertz CT molecular complexity index is 73.5. The fourth-order valence-corrected chi connectivity index (χ4v) is 0. The molecule has 0 fully saturated rings. The molecule has 0 rings (SSSR count). The number of terminal acetylenes is 1. The molecule has 0 aromatic carbocycles. The van der Waals surface area contributed by atoms with Crippen LogP contribution in [0.15, 0.2) is 0 Å². The maximum absolute atomic E-state index is 8.24. The van der Waals surface area contributed by atoms with E-state index in [1.54, 1.807) is 6.92 Å². The molecule has 0 amide bonds. The summed E-state index contributed by atoms with van der Waals surface area (Å²) in [5, 5.41) is 8.24. The molecule has 0 radical (unpaired) electrons. The van der Waals surface area contributed by atoms with Crippen LogP contribution in [0.5, 0.6) is 0 Å². The lowest BCUT2D eigenvalue weighted by Gasteiger charge is -1.91. The molecule has 0 spiro atoms. The monoisotopic (exact) mass is 129 g/mol. The number of rotatable bonds is 1. The fourth-order valence-electron chi connectivity index (χ4n) is 0. The number of hydrogen-bond donors (Lipinski definition) is 2. The quantitative estimate of drug-likeness (QED) is 0.502. The Morgan fingerprint density at radius 2 is 2.00 bits per heavy atom. The molecule has 0 aliphatic carbocycles. The summed E-state index contributed by atoms with van der Waals surface area (Å²) in [5.74, 6) is 2.43. The molecule has 0 aliphatic rings. The molecule has 0 saturated heterocycles. The van der Waals surface area contributed by atoms with Crippen molar-refractivity contribution in [3.8, 4) is 12.3 Å². The van der Waals surface area contributed by atoms with Crippen molar-refractivity contribution >= 4 is 0 Å². The van der Waals surface area contributed by atoms with Crippen molar-refractivity contribution < 1.29 is 5.11 Å². The van der Waals surface area contributed by atoms with Gasteiger partial charge in [0.05, 0.1) is 6.10 Å². The van der Waals surface area contributed by atoms with E-state index in [1.807, 2.05) is 6.92 Å². The van der Waals surface area contributed by atoms with Gasteiger partial charge in [0, 0.05) is 13.0 Å². The van der Waals surface area contributed by atoms with Crippen LogP contribution in [0.4, 0.5) is 0 Å². The first-order chi connectivity index (χ1) is 4.18.